The van der Waals surface area contributed by atoms with Crippen LogP contribution in [-0.4, -0.2) is 27.5 Å². The summed E-state index contributed by atoms with van der Waals surface area (Å²) in [6, 6.07) is 5.12. The molecule has 1 aromatic heterocycles. The van der Waals surface area contributed by atoms with E-state index >= 15 is 0 Å². The van der Waals surface area contributed by atoms with E-state index in [9.17, 15) is 13.6 Å². The Morgan fingerprint density at radius 3 is 2.62 bits per heavy atom. The van der Waals surface area contributed by atoms with Crippen LogP contribution in [0.15, 0.2) is 30.5 Å². The predicted molar refractivity (Wildman–Crippen MR) is 86.4 cm³/mol. The van der Waals surface area contributed by atoms with Crippen molar-refractivity contribution in [2.75, 3.05) is 0 Å². The molecule has 24 heavy (non-hydrogen) atoms. The number of nitrogens with one attached hydrogen (secondary N) is 1. The van der Waals surface area contributed by atoms with E-state index in [1.165, 1.54) is 6.07 Å². The second-order valence-electron chi connectivity index (χ2n) is 6.60. The average molecular weight is 337 g/mol. The number of alkyl carbamates (subject to hydrolysis) is 1. The van der Waals surface area contributed by atoms with Gasteiger partial charge in [0, 0.05) is 17.8 Å². The summed E-state index contributed by atoms with van der Waals surface area (Å²) in [5.74, 6) is -1.81. The van der Waals surface area contributed by atoms with Crippen LogP contribution in [0.25, 0.3) is 11.3 Å². The van der Waals surface area contributed by atoms with E-state index < -0.39 is 23.3 Å². The fraction of sp³-hybridized carbons (Fsp3) is 0.412. The second kappa shape index (κ2) is 6.98. The molecule has 0 spiro atoms. The number of carbonyl (C=O) groups is 1. The van der Waals surface area contributed by atoms with Crippen molar-refractivity contribution in [2.45, 2.75) is 45.9 Å². The van der Waals surface area contributed by atoms with Gasteiger partial charge in [0.15, 0.2) is 11.6 Å². The van der Waals surface area contributed by atoms with Gasteiger partial charge in [-0.3, -0.25) is 4.68 Å². The Bertz CT molecular complexity index is 723. The van der Waals surface area contributed by atoms with Gasteiger partial charge in [0.05, 0.1) is 12.2 Å². The molecule has 0 radical (unpaired) electrons. The summed E-state index contributed by atoms with van der Waals surface area (Å²) >= 11 is 0. The number of aromatic nitrogens is 2. The fourth-order valence-corrected chi connectivity index (χ4v) is 2.11. The van der Waals surface area contributed by atoms with E-state index in [0.717, 1.165) is 12.1 Å². The van der Waals surface area contributed by atoms with Crippen LogP contribution in [-0.2, 0) is 11.3 Å². The van der Waals surface area contributed by atoms with Crippen LogP contribution >= 0.6 is 0 Å². The van der Waals surface area contributed by atoms with Crippen molar-refractivity contribution in [3.8, 4) is 11.3 Å². The number of nitrogens with zero attached hydrogens (tertiary/aromatic N) is 2. The van der Waals surface area contributed by atoms with Gasteiger partial charge in [0.2, 0.25) is 0 Å². The zero-order chi connectivity index (χ0) is 17.9. The Hall–Kier alpha value is -2.44. The lowest BCUT2D eigenvalue weighted by Crippen LogP contribution is -2.39. The highest BCUT2D eigenvalue weighted by Gasteiger charge is 2.18. The highest BCUT2D eigenvalue weighted by molar-refractivity contribution is 5.68. The topological polar surface area (TPSA) is 56.2 Å². The molecule has 0 saturated carbocycles. The lowest BCUT2D eigenvalue weighted by atomic mass is 10.1. The van der Waals surface area contributed by atoms with Crippen LogP contribution in [0.1, 0.15) is 27.7 Å². The van der Waals surface area contributed by atoms with Gasteiger partial charge >= 0.3 is 6.09 Å². The molecule has 1 N–H and O–H groups in total. The minimum atomic E-state index is -0.915. The molecule has 7 heteroatoms. The van der Waals surface area contributed by atoms with Gasteiger partial charge in [-0.15, -0.1) is 0 Å². The molecule has 2 aromatic rings. The zero-order valence-corrected chi connectivity index (χ0v) is 14.1. The van der Waals surface area contributed by atoms with E-state index in [-0.39, 0.29) is 6.04 Å². The smallest absolute Gasteiger partial charge is 0.407 e. The maximum Gasteiger partial charge on any atom is 0.407 e. The average Bonchev–Trinajstić information content (AvgIpc) is 2.87. The molecular formula is C17H21F2N3O2. The maximum absolute atomic E-state index is 13.3. The molecule has 0 aliphatic carbocycles. The SMILES string of the molecule is C[C@@H](Cn1ccc(-c2ccc(F)c(F)c2)n1)NC(=O)OC(C)(C)C. The number of amides is 1. The third-order valence-corrected chi connectivity index (χ3v) is 3.08. The van der Waals surface area contributed by atoms with Crippen LogP contribution < -0.4 is 5.32 Å². The molecule has 0 saturated heterocycles. The largest absolute Gasteiger partial charge is 0.444 e. The number of hydrogen-bond donors (Lipinski definition) is 1. The predicted octanol–water partition coefficient (Wildman–Crippen LogP) is 3.74. The van der Waals surface area contributed by atoms with Gasteiger partial charge in [-0.25, -0.2) is 13.6 Å². The first-order chi connectivity index (χ1) is 11.1. The molecule has 1 aromatic carbocycles. The van der Waals surface area contributed by atoms with Gasteiger partial charge < -0.3 is 10.1 Å². The summed E-state index contributed by atoms with van der Waals surface area (Å²) in [5.41, 5.74) is 0.453. The van der Waals surface area contributed by atoms with Gasteiger partial charge in [-0.1, -0.05) is 0 Å². The third kappa shape index (κ3) is 5.04. The number of rotatable bonds is 4. The Balaban J connectivity index is 1.98. The number of halogens is 2. The molecule has 0 fully saturated rings. The minimum Gasteiger partial charge on any atom is -0.444 e. The number of hydrogen-bond acceptors (Lipinski definition) is 3. The maximum atomic E-state index is 13.3. The Kier molecular flexibility index (Phi) is 5.21. The molecule has 5 nitrogen and oxygen atoms in total. The fourth-order valence-electron chi connectivity index (χ4n) is 2.11. The van der Waals surface area contributed by atoms with E-state index in [4.69, 9.17) is 4.74 Å². The monoisotopic (exact) mass is 337 g/mol. The molecule has 0 aliphatic heterocycles. The standard InChI is InChI=1S/C17H21F2N3O2/c1-11(20-16(23)24-17(2,3)4)10-22-8-7-15(21-22)12-5-6-13(18)14(19)9-12/h5-9,11H,10H2,1-4H3,(H,20,23)/t11-/m0/s1. The summed E-state index contributed by atoms with van der Waals surface area (Å²) in [6.45, 7) is 7.61. The normalized spacial score (nSPS) is 12.8. The van der Waals surface area contributed by atoms with E-state index in [0.29, 0.717) is 17.8 Å². The molecule has 1 heterocycles. The molecular weight excluding hydrogens is 316 g/mol. The third-order valence-electron chi connectivity index (χ3n) is 3.08. The van der Waals surface area contributed by atoms with Crippen molar-refractivity contribution in [1.29, 1.82) is 0 Å². The minimum absolute atomic E-state index is 0.211. The van der Waals surface area contributed by atoms with Crippen molar-refractivity contribution in [3.63, 3.8) is 0 Å². The van der Waals surface area contributed by atoms with Crippen molar-refractivity contribution >= 4 is 6.09 Å². The number of ether oxygens (including phenoxy) is 1. The van der Waals surface area contributed by atoms with E-state index in [1.807, 2.05) is 6.92 Å². The first-order valence-electron chi connectivity index (χ1n) is 7.62. The molecule has 0 aliphatic rings. The van der Waals surface area contributed by atoms with E-state index in [2.05, 4.69) is 10.4 Å². The molecule has 0 unspecified atom stereocenters. The Morgan fingerprint density at radius 1 is 1.29 bits per heavy atom. The van der Waals surface area contributed by atoms with Crippen LogP contribution in [0.5, 0.6) is 0 Å². The lowest BCUT2D eigenvalue weighted by molar-refractivity contribution is 0.0503. The molecule has 130 valence electrons. The highest BCUT2D eigenvalue weighted by Crippen LogP contribution is 2.19. The summed E-state index contributed by atoms with van der Waals surface area (Å²) in [4.78, 5) is 11.7. The summed E-state index contributed by atoms with van der Waals surface area (Å²) < 4.78 is 33.1. The van der Waals surface area contributed by atoms with Gasteiger partial charge in [0.25, 0.3) is 0 Å². The quantitative estimate of drug-likeness (QED) is 0.924. The first kappa shape index (κ1) is 17.9. The summed E-state index contributed by atoms with van der Waals surface area (Å²) in [6.07, 6.45) is 1.21. The molecule has 1 amide bonds. The zero-order valence-electron chi connectivity index (χ0n) is 14.1. The van der Waals surface area contributed by atoms with Crippen molar-refractivity contribution in [3.05, 3.63) is 42.1 Å². The lowest BCUT2D eigenvalue weighted by Gasteiger charge is -2.21. The summed E-state index contributed by atoms with van der Waals surface area (Å²) in [7, 11) is 0. The van der Waals surface area contributed by atoms with Gasteiger partial charge in [0.1, 0.15) is 5.60 Å². The van der Waals surface area contributed by atoms with Crippen LogP contribution in [0, 0.1) is 11.6 Å². The Morgan fingerprint density at radius 2 is 2.00 bits per heavy atom. The van der Waals surface area contributed by atoms with Crippen molar-refractivity contribution < 1.29 is 18.3 Å². The van der Waals surface area contributed by atoms with Crippen molar-refractivity contribution in [2.24, 2.45) is 0 Å². The van der Waals surface area contributed by atoms with E-state index in [1.54, 1.807) is 37.7 Å². The number of carbonyl (C=O) groups excluding carboxylic acids is 1. The molecule has 0 bridgehead atoms. The van der Waals surface area contributed by atoms with Crippen LogP contribution in [0.2, 0.25) is 0 Å². The second-order valence-corrected chi connectivity index (χ2v) is 6.60. The highest BCUT2D eigenvalue weighted by atomic mass is 19.2. The first-order valence-corrected chi connectivity index (χ1v) is 7.62. The Labute approximate surface area is 139 Å². The molecule has 1 atom stereocenters. The van der Waals surface area contributed by atoms with Crippen LogP contribution in [0.3, 0.4) is 0 Å². The summed E-state index contributed by atoms with van der Waals surface area (Å²) in [5, 5.41) is 7.03. The van der Waals surface area contributed by atoms with Crippen LogP contribution in [0.4, 0.5) is 13.6 Å². The number of benzene rings is 1. The molecule has 2 rings (SSSR count). The van der Waals surface area contributed by atoms with Gasteiger partial charge in [-0.05, 0) is 52.0 Å². The van der Waals surface area contributed by atoms with Gasteiger partial charge in [-0.2, -0.15) is 5.10 Å². The van der Waals surface area contributed by atoms with Crippen molar-refractivity contribution in [1.82, 2.24) is 15.1 Å².